The molecule has 0 aromatic carbocycles. The number of hydrogen-bond donors (Lipinski definition) is 1. The van der Waals surface area contributed by atoms with E-state index in [2.05, 4.69) is 13.5 Å². The maximum atomic E-state index is 11.9. The molecule has 0 radical (unpaired) electrons. The first-order valence-electron chi connectivity index (χ1n) is 7.67. The molecule has 5 nitrogen and oxygen atoms in total. The minimum atomic E-state index is -1.29. The lowest BCUT2D eigenvalue weighted by atomic mass is 9.58. The van der Waals surface area contributed by atoms with E-state index in [1.165, 1.54) is 6.92 Å². The molecule has 0 amide bonds. The summed E-state index contributed by atoms with van der Waals surface area (Å²) in [7, 11) is 0. The number of carbonyl (C=O) groups excluding carboxylic acids is 2. The zero-order valence-corrected chi connectivity index (χ0v) is 13.3. The molecule has 1 saturated heterocycles. The summed E-state index contributed by atoms with van der Waals surface area (Å²) >= 11 is 0. The molecule has 2 aliphatic carbocycles. The zero-order valence-electron chi connectivity index (χ0n) is 13.3. The predicted octanol–water partition coefficient (Wildman–Crippen LogP) is 2.04. The summed E-state index contributed by atoms with van der Waals surface area (Å²) in [6, 6.07) is 0. The molecule has 4 atom stereocenters. The number of hydrogen-bond acceptors (Lipinski definition) is 5. The van der Waals surface area contributed by atoms with E-state index in [-0.39, 0.29) is 23.1 Å². The van der Waals surface area contributed by atoms with E-state index in [4.69, 9.17) is 9.47 Å². The van der Waals surface area contributed by atoms with Gasteiger partial charge in [0.2, 0.25) is 0 Å². The van der Waals surface area contributed by atoms with Crippen LogP contribution in [-0.2, 0) is 19.1 Å². The maximum absolute atomic E-state index is 11.9. The van der Waals surface area contributed by atoms with Gasteiger partial charge in [-0.25, -0.2) is 4.79 Å². The van der Waals surface area contributed by atoms with Crippen molar-refractivity contribution in [3.05, 3.63) is 23.3 Å². The predicted molar refractivity (Wildman–Crippen MR) is 78.8 cm³/mol. The SMILES string of the molecule is C=C1C(=O)OC2C3=C(C)CC(OC(C)=O)CC3(C)CCC12O. The first-order chi connectivity index (χ1) is 10.2. The van der Waals surface area contributed by atoms with Crippen LogP contribution >= 0.6 is 0 Å². The molecule has 1 heterocycles. The number of ether oxygens (including phenoxy) is 2. The van der Waals surface area contributed by atoms with Gasteiger partial charge in [-0.2, -0.15) is 0 Å². The smallest absolute Gasteiger partial charge is 0.337 e. The molecule has 0 aromatic rings. The van der Waals surface area contributed by atoms with Crippen molar-refractivity contribution in [2.45, 2.75) is 64.3 Å². The fraction of sp³-hybridized carbons (Fsp3) is 0.647. The van der Waals surface area contributed by atoms with E-state index in [0.717, 1.165) is 11.1 Å². The fourth-order valence-electron chi connectivity index (χ4n) is 4.40. The third kappa shape index (κ3) is 2.02. The summed E-state index contributed by atoms with van der Waals surface area (Å²) in [6.07, 6.45) is 1.64. The van der Waals surface area contributed by atoms with Crippen LogP contribution in [0.3, 0.4) is 0 Å². The maximum Gasteiger partial charge on any atom is 0.337 e. The highest BCUT2D eigenvalue weighted by atomic mass is 16.6. The Morgan fingerprint density at radius 1 is 1.45 bits per heavy atom. The lowest BCUT2D eigenvalue weighted by Crippen LogP contribution is -2.52. The molecule has 0 bridgehead atoms. The summed E-state index contributed by atoms with van der Waals surface area (Å²) in [4.78, 5) is 23.1. The van der Waals surface area contributed by atoms with Gasteiger partial charge in [-0.05, 0) is 37.2 Å². The Labute approximate surface area is 130 Å². The highest BCUT2D eigenvalue weighted by molar-refractivity contribution is 5.93. The number of carbonyl (C=O) groups is 2. The number of rotatable bonds is 1. The van der Waals surface area contributed by atoms with Crippen LogP contribution in [-0.4, -0.2) is 34.9 Å². The van der Waals surface area contributed by atoms with Gasteiger partial charge in [0.15, 0.2) is 6.10 Å². The van der Waals surface area contributed by atoms with E-state index in [9.17, 15) is 14.7 Å². The molecular weight excluding hydrogens is 284 g/mol. The first kappa shape index (κ1) is 15.3. The molecule has 4 unspecified atom stereocenters. The van der Waals surface area contributed by atoms with Gasteiger partial charge in [-0.3, -0.25) is 4.79 Å². The lowest BCUT2D eigenvalue weighted by Gasteiger charge is -2.49. The third-order valence-corrected chi connectivity index (χ3v) is 5.40. The van der Waals surface area contributed by atoms with E-state index in [1.807, 2.05) is 6.92 Å². The van der Waals surface area contributed by atoms with Gasteiger partial charge in [-0.1, -0.05) is 19.1 Å². The van der Waals surface area contributed by atoms with Gasteiger partial charge in [0, 0.05) is 13.3 Å². The second-order valence-corrected chi connectivity index (χ2v) is 7.08. The molecule has 1 N–H and O–H groups in total. The Morgan fingerprint density at radius 3 is 2.77 bits per heavy atom. The van der Waals surface area contributed by atoms with E-state index < -0.39 is 17.7 Å². The lowest BCUT2D eigenvalue weighted by molar-refractivity contribution is -0.149. The Morgan fingerprint density at radius 2 is 2.14 bits per heavy atom. The quantitative estimate of drug-likeness (QED) is 0.456. The molecule has 1 saturated carbocycles. The van der Waals surface area contributed by atoms with Crippen molar-refractivity contribution in [1.29, 1.82) is 0 Å². The molecule has 3 rings (SSSR count). The molecule has 1 aliphatic heterocycles. The summed E-state index contributed by atoms with van der Waals surface area (Å²) in [5.41, 5.74) is 0.648. The highest BCUT2D eigenvalue weighted by Gasteiger charge is 2.60. The molecule has 5 heteroatoms. The highest BCUT2D eigenvalue weighted by Crippen LogP contribution is 2.57. The van der Waals surface area contributed by atoms with Crippen molar-refractivity contribution >= 4 is 11.9 Å². The van der Waals surface area contributed by atoms with Gasteiger partial charge < -0.3 is 14.6 Å². The van der Waals surface area contributed by atoms with Crippen molar-refractivity contribution in [1.82, 2.24) is 0 Å². The second kappa shape index (κ2) is 4.69. The Bertz CT molecular complexity index is 604. The topological polar surface area (TPSA) is 72.8 Å². The van der Waals surface area contributed by atoms with E-state index >= 15 is 0 Å². The molecule has 0 aromatic heterocycles. The molecule has 22 heavy (non-hydrogen) atoms. The van der Waals surface area contributed by atoms with E-state index in [0.29, 0.717) is 25.7 Å². The number of fused-ring (bicyclic) bond motifs is 3. The van der Waals surface area contributed by atoms with Crippen LogP contribution in [0.15, 0.2) is 23.3 Å². The summed E-state index contributed by atoms with van der Waals surface area (Å²) < 4.78 is 10.8. The van der Waals surface area contributed by atoms with Crippen LogP contribution in [0.5, 0.6) is 0 Å². The van der Waals surface area contributed by atoms with Crippen molar-refractivity contribution < 1.29 is 24.2 Å². The Kier molecular flexibility index (Phi) is 3.25. The van der Waals surface area contributed by atoms with Crippen LogP contribution < -0.4 is 0 Å². The normalized spacial score (nSPS) is 40.9. The van der Waals surface area contributed by atoms with E-state index in [1.54, 1.807) is 0 Å². The van der Waals surface area contributed by atoms with Crippen LogP contribution in [0.25, 0.3) is 0 Å². The van der Waals surface area contributed by atoms with Crippen molar-refractivity contribution in [3.8, 4) is 0 Å². The number of aliphatic hydroxyl groups is 1. The largest absolute Gasteiger partial charge is 0.462 e. The summed E-state index contributed by atoms with van der Waals surface area (Å²) in [5, 5.41) is 10.9. The van der Waals surface area contributed by atoms with Gasteiger partial charge in [0.25, 0.3) is 0 Å². The fourth-order valence-corrected chi connectivity index (χ4v) is 4.40. The van der Waals surface area contributed by atoms with Gasteiger partial charge in [0.1, 0.15) is 11.7 Å². The zero-order chi connectivity index (χ0) is 16.3. The second-order valence-electron chi connectivity index (χ2n) is 7.08. The van der Waals surface area contributed by atoms with Crippen molar-refractivity contribution in [3.63, 3.8) is 0 Å². The first-order valence-corrected chi connectivity index (χ1v) is 7.67. The minimum Gasteiger partial charge on any atom is -0.462 e. The average Bonchev–Trinajstić information content (AvgIpc) is 2.61. The number of esters is 2. The Balaban J connectivity index is 2.00. The molecule has 120 valence electrons. The standard InChI is InChI=1S/C17H22O5/c1-9-7-12(21-11(3)18)8-16(4)5-6-17(20)10(2)15(19)22-14(17)13(9)16/h12,14,20H,2,5-8H2,1,3-4H3. The summed E-state index contributed by atoms with van der Waals surface area (Å²) in [5.74, 6) is -0.794. The molecule has 3 aliphatic rings. The summed E-state index contributed by atoms with van der Waals surface area (Å²) in [6.45, 7) is 9.19. The molecular formula is C17H22O5. The van der Waals surface area contributed by atoms with Crippen LogP contribution in [0, 0.1) is 5.41 Å². The van der Waals surface area contributed by atoms with Crippen molar-refractivity contribution in [2.24, 2.45) is 5.41 Å². The molecule has 2 fully saturated rings. The van der Waals surface area contributed by atoms with Crippen molar-refractivity contribution in [2.75, 3.05) is 0 Å². The van der Waals surface area contributed by atoms with Crippen LogP contribution in [0.2, 0.25) is 0 Å². The van der Waals surface area contributed by atoms with Crippen LogP contribution in [0.1, 0.15) is 46.5 Å². The molecule has 0 spiro atoms. The van der Waals surface area contributed by atoms with Gasteiger partial charge >= 0.3 is 11.9 Å². The minimum absolute atomic E-state index is 0.155. The van der Waals surface area contributed by atoms with Gasteiger partial charge in [-0.15, -0.1) is 0 Å². The Hall–Kier alpha value is -1.62. The van der Waals surface area contributed by atoms with Gasteiger partial charge in [0.05, 0.1) is 5.57 Å². The average molecular weight is 306 g/mol. The third-order valence-electron chi connectivity index (χ3n) is 5.40. The van der Waals surface area contributed by atoms with Crippen LogP contribution in [0.4, 0.5) is 0 Å². The monoisotopic (exact) mass is 306 g/mol.